The number of hydrogen-bond donors (Lipinski definition) is 6. The minimum atomic E-state index is -1.54. The lowest BCUT2D eigenvalue weighted by atomic mass is 9.53. The van der Waals surface area contributed by atoms with Gasteiger partial charge in [-0.25, -0.2) is 0 Å². The van der Waals surface area contributed by atoms with Gasteiger partial charge in [0.25, 0.3) is 0 Å². The van der Waals surface area contributed by atoms with Crippen LogP contribution >= 0.6 is 0 Å². The van der Waals surface area contributed by atoms with Gasteiger partial charge in [0.2, 0.25) is 0 Å². The molecule has 0 aromatic carbocycles. The Labute approximate surface area is 171 Å². The number of hydrogen-bond acceptors (Lipinski definition) is 8. The Morgan fingerprint density at radius 3 is 2.38 bits per heavy atom. The third kappa shape index (κ3) is 4.02. The lowest BCUT2D eigenvalue weighted by Crippen LogP contribution is -2.63. The van der Waals surface area contributed by atoms with Gasteiger partial charge >= 0.3 is 0 Å². The molecule has 8 heteroatoms. The molecule has 6 N–H and O–H groups in total. The van der Waals surface area contributed by atoms with E-state index < -0.39 is 60.5 Å². The minimum Gasteiger partial charge on any atom is -0.394 e. The van der Waals surface area contributed by atoms with Gasteiger partial charge in [-0.15, -0.1) is 0 Å². The summed E-state index contributed by atoms with van der Waals surface area (Å²) >= 11 is 0. The van der Waals surface area contributed by atoms with Crippen LogP contribution in [0.25, 0.3) is 0 Å². The normalized spacial score (nSPS) is 49.0. The van der Waals surface area contributed by atoms with Crippen molar-refractivity contribution in [3.63, 3.8) is 0 Å². The Hall–Kier alpha value is -0.580. The number of fused-ring (bicyclic) bond motifs is 1. The molecule has 1 aliphatic heterocycles. The molecule has 0 bridgehead atoms. The molecule has 1 heterocycles. The monoisotopic (exact) mass is 416 g/mol. The lowest BCUT2D eigenvalue weighted by Gasteiger charge is -2.57. The van der Waals surface area contributed by atoms with Crippen molar-refractivity contribution in [1.82, 2.24) is 0 Å². The first-order chi connectivity index (χ1) is 13.4. The van der Waals surface area contributed by atoms with Gasteiger partial charge in [0.1, 0.15) is 24.4 Å². The Balaban J connectivity index is 1.94. The van der Waals surface area contributed by atoms with Crippen molar-refractivity contribution in [2.24, 2.45) is 17.3 Å². The topological polar surface area (TPSA) is 140 Å². The SMILES string of the molecule is C=C1CC[C@H](O)[C@@]2(C)CC[C@@H](C(C)(C)O)[C@@H](O[C@@H]3O[C@@H](CO)[C@@H](O)[C@H](O)[C@@H]3O)[C@@H]12. The molecule has 0 radical (unpaired) electrons. The van der Waals surface area contributed by atoms with E-state index in [1.54, 1.807) is 13.8 Å². The molecule has 3 rings (SSSR count). The standard InChI is InChI=1S/C21H36O8/c1-10-5-6-13(23)21(4)8-7-11(20(2,3)27)18(14(10)21)29-19-17(26)16(25)15(24)12(9-22)28-19/h11-19,22-27H,1,5-9H2,2-4H3/t11-,12+,13+,14-,15-,16+,17+,18-,19+,21-/m1/s1. The Kier molecular flexibility index (Phi) is 6.50. The molecule has 0 spiro atoms. The van der Waals surface area contributed by atoms with Gasteiger partial charge in [-0.05, 0) is 39.5 Å². The quantitative estimate of drug-likeness (QED) is 0.343. The van der Waals surface area contributed by atoms with Crippen molar-refractivity contribution in [3.05, 3.63) is 12.2 Å². The second-order valence-electron chi connectivity index (χ2n) is 9.79. The van der Waals surface area contributed by atoms with Crippen LogP contribution < -0.4 is 0 Å². The lowest BCUT2D eigenvalue weighted by molar-refractivity contribution is -0.330. The average Bonchev–Trinajstić information content (AvgIpc) is 2.64. The Morgan fingerprint density at radius 2 is 1.79 bits per heavy atom. The van der Waals surface area contributed by atoms with Crippen LogP contribution in [0.2, 0.25) is 0 Å². The van der Waals surface area contributed by atoms with Gasteiger partial charge < -0.3 is 40.1 Å². The number of aliphatic hydroxyl groups excluding tert-OH is 5. The molecule has 168 valence electrons. The fourth-order valence-electron chi connectivity index (χ4n) is 5.54. The highest BCUT2D eigenvalue weighted by atomic mass is 16.7. The van der Waals surface area contributed by atoms with Crippen LogP contribution in [-0.2, 0) is 9.47 Å². The van der Waals surface area contributed by atoms with Crippen molar-refractivity contribution in [3.8, 4) is 0 Å². The maximum Gasteiger partial charge on any atom is 0.187 e. The predicted octanol–water partition coefficient (Wildman–Crippen LogP) is -0.314. The molecule has 2 aliphatic carbocycles. The summed E-state index contributed by atoms with van der Waals surface area (Å²) in [5.74, 6) is -0.598. The van der Waals surface area contributed by atoms with E-state index in [4.69, 9.17) is 9.47 Å². The molecule has 29 heavy (non-hydrogen) atoms. The second-order valence-corrected chi connectivity index (χ2v) is 9.79. The van der Waals surface area contributed by atoms with E-state index in [9.17, 15) is 30.6 Å². The highest BCUT2D eigenvalue weighted by Crippen LogP contribution is 2.56. The predicted molar refractivity (Wildman–Crippen MR) is 104 cm³/mol. The highest BCUT2D eigenvalue weighted by molar-refractivity contribution is 5.19. The minimum absolute atomic E-state index is 0.274. The molecule has 0 aromatic rings. The number of rotatable bonds is 4. The summed E-state index contributed by atoms with van der Waals surface area (Å²) < 4.78 is 11.8. The van der Waals surface area contributed by atoms with E-state index in [1.165, 1.54) is 0 Å². The highest BCUT2D eigenvalue weighted by Gasteiger charge is 2.57. The van der Waals surface area contributed by atoms with E-state index in [1.807, 2.05) is 6.92 Å². The molecule has 3 fully saturated rings. The van der Waals surface area contributed by atoms with Crippen molar-refractivity contribution in [2.45, 2.75) is 95.0 Å². The zero-order valence-corrected chi connectivity index (χ0v) is 17.4. The first-order valence-corrected chi connectivity index (χ1v) is 10.5. The molecule has 2 saturated carbocycles. The van der Waals surface area contributed by atoms with Gasteiger partial charge in [0, 0.05) is 17.3 Å². The number of aliphatic hydroxyl groups is 6. The molecule has 0 amide bonds. The molecule has 0 unspecified atom stereocenters. The summed E-state index contributed by atoms with van der Waals surface area (Å²) in [7, 11) is 0. The van der Waals surface area contributed by atoms with Gasteiger partial charge in [-0.3, -0.25) is 0 Å². The summed E-state index contributed by atoms with van der Waals surface area (Å²) in [5, 5.41) is 61.6. The van der Waals surface area contributed by atoms with E-state index in [-0.39, 0.29) is 11.8 Å². The molecule has 0 aromatic heterocycles. The van der Waals surface area contributed by atoms with E-state index in [2.05, 4.69) is 6.58 Å². The largest absolute Gasteiger partial charge is 0.394 e. The molecule has 8 nitrogen and oxygen atoms in total. The maximum absolute atomic E-state index is 10.8. The summed E-state index contributed by atoms with van der Waals surface area (Å²) in [6.07, 6.45) is -5.53. The zero-order chi connectivity index (χ0) is 21.7. The smallest absolute Gasteiger partial charge is 0.187 e. The van der Waals surface area contributed by atoms with Gasteiger partial charge in [-0.1, -0.05) is 19.1 Å². The van der Waals surface area contributed by atoms with Crippen molar-refractivity contribution < 1.29 is 40.1 Å². The van der Waals surface area contributed by atoms with Gasteiger partial charge in [0.15, 0.2) is 6.29 Å². The van der Waals surface area contributed by atoms with Crippen LogP contribution in [0.15, 0.2) is 12.2 Å². The van der Waals surface area contributed by atoms with E-state index in [0.717, 1.165) is 5.57 Å². The third-order valence-electron chi connectivity index (χ3n) is 7.42. The van der Waals surface area contributed by atoms with Crippen LogP contribution in [0.5, 0.6) is 0 Å². The molecular weight excluding hydrogens is 380 g/mol. The van der Waals surface area contributed by atoms with E-state index >= 15 is 0 Å². The summed E-state index contributed by atoms with van der Waals surface area (Å²) in [6, 6.07) is 0. The van der Waals surface area contributed by atoms with Crippen LogP contribution in [0.3, 0.4) is 0 Å². The van der Waals surface area contributed by atoms with Crippen LogP contribution in [0, 0.1) is 17.3 Å². The second kappa shape index (κ2) is 8.16. The average molecular weight is 417 g/mol. The Bertz CT molecular complexity index is 602. The first kappa shape index (κ1) is 23.1. The van der Waals surface area contributed by atoms with E-state index in [0.29, 0.717) is 25.7 Å². The van der Waals surface area contributed by atoms with Crippen LogP contribution in [0.4, 0.5) is 0 Å². The van der Waals surface area contributed by atoms with Gasteiger partial charge in [-0.2, -0.15) is 0 Å². The van der Waals surface area contributed by atoms with Crippen molar-refractivity contribution >= 4 is 0 Å². The molecule has 10 atom stereocenters. The van der Waals surface area contributed by atoms with Crippen LogP contribution in [-0.4, -0.2) is 85.8 Å². The zero-order valence-electron chi connectivity index (χ0n) is 17.4. The summed E-state index contributed by atoms with van der Waals surface area (Å²) in [4.78, 5) is 0. The summed E-state index contributed by atoms with van der Waals surface area (Å²) in [6.45, 7) is 9.06. The maximum atomic E-state index is 10.8. The fourth-order valence-corrected chi connectivity index (χ4v) is 5.54. The Morgan fingerprint density at radius 1 is 1.14 bits per heavy atom. The first-order valence-electron chi connectivity index (χ1n) is 10.5. The van der Waals surface area contributed by atoms with Crippen molar-refractivity contribution in [2.75, 3.05) is 6.61 Å². The number of ether oxygens (including phenoxy) is 2. The third-order valence-corrected chi connectivity index (χ3v) is 7.42. The van der Waals surface area contributed by atoms with Crippen LogP contribution in [0.1, 0.15) is 46.5 Å². The fraction of sp³-hybridized carbons (Fsp3) is 0.905. The molecule has 3 aliphatic rings. The summed E-state index contributed by atoms with van der Waals surface area (Å²) in [5.41, 5.74) is -0.667. The van der Waals surface area contributed by atoms with Gasteiger partial charge in [0.05, 0.1) is 24.4 Å². The van der Waals surface area contributed by atoms with Crippen molar-refractivity contribution in [1.29, 1.82) is 0 Å². The molecular formula is C21H36O8. The molecule has 1 saturated heterocycles.